The van der Waals surface area contributed by atoms with Gasteiger partial charge in [-0.05, 0) is 17.7 Å². The highest BCUT2D eigenvalue weighted by Crippen LogP contribution is 2.18. The summed E-state index contributed by atoms with van der Waals surface area (Å²) < 4.78 is 7.30. The Kier molecular flexibility index (Phi) is 3.78. The summed E-state index contributed by atoms with van der Waals surface area (Å²) in [6.07, 6.45) is 2.43. The van der Waals surface area contributed by atoms with Crippen LogP contribution in [0.5, 0.6) is 5.88 Å². The third-order valence-corrected chi connectivity index (χ3v) is 3.07. The van der Waals surface area contributed by atoms with E-state index in [1.165, 1.54) is 0 Å². The van der Waals surface area contributed by atoms with E-state index in [4.69, 9.17) is 4.74 Å². The minimum atomic E-state index is 0.345. The molecule has 3 rings (SSSR count). The van der Waals surface area contributed by atoms with Gasteiger partial charge in [0.1, 0.15) is 6.61 Å². The van der Waals surface area contributed by atoms with Gasteiger partial charge in [0.15, 0.2) is 6.29 Å². The summed E-state index contributed by atoms with van der Waals surface area (Å²) in [4.78, 5) is 11.1. The number of carbonyl (C=O) groups excluding carboxylic acids is 1. The summed E-state index contributed by atoms with van der Waals surface area (Å²) in [7, 11) is 0. The molecule has 1 heterocycles. The average molecular weight is 278 g/mol. The van der Waals surface area contributed by atoms with Gasteiger partial charge in [-0.1, -0.05) is 48.5 Å². The predicted octanol–water partition coefficient (Wildman–Crippen LogP) is 3.26. The van der Waals surface area contributed by atoms with E-state index >= 15 is 0 Å². The highest BCUT2D eigenvalue weighted by molar-refractivity contribution is 5.78. The van der Waals surface area contributed by atoms with Gasteiger partial charge in [-0.25, -0.2) is 4.68 Å². The van der Waals surface area contributed by atoms with Crippen LogP contribution in [0.4, 0.5) is 0 Å². The van der Waals surface area contributed by atoms with Crippen LogP contribution in [-0.2, 0) is 6.61 Å². The van der Waals surface area contributed by atoms with Crippen molar-refractivity contribution in [3.63, 3.8) is 0 Å². The van der Waals surface area contributed by atoms with E-state index in [9.17, 15) is 4.79 Å². The van der Waals surface area contributed by atoms with Crippen molar-refractivity contribution in [3.8, 4) is 11.6 Å². The molecule has 0 aliphatic heterocycles. The van der Waals surface area contributed by atoms with E-state index < -0.39 is 0 Å². The Morgan fingerprint density at radius 1 is 1.00 bits per heavy atom. The molecule has 0 spiro atoms. The van der Waals surface area contributed by atoms with E-state index in [2.05, 4.69) is 5.10 Å². The molecule has 0 saturated carbocycles. The van der Waals surface area contributed by atoms with Gasteiger partial charge < -0.3 is 4.74 Å². The fraction of sp³-hybridized carbons (Fsp3) is 0.0588. The van der Waals surface area contributed by atoms with E-state index in [0.29, 0.717) is 18.1 Å². The molecule has 4 nitrogen and oxygen atoms in total. The third-order valence-electron chi connectivity index (χ3n) is 3.07. The lowest BCUT2D eigenvalue weighted by Crippen LogP contribution is -1.99. The average Bonchev–Trinajstić information content (AvgIpc) is 2.98. The molecule has 21 heavy (non-hydrogen) atoms. The molecule has 0 amide bonds. The van der Waals surface area contributed by atoms with Crippen LogP contribution in [0.2, 0.25) is 0 Å². The maximum atomic E-state index is 11.1. The zero-order valence-corrected chi connectivity index (χ0v) is 11.3. The second kappa shape index (κ2) is 6.05. The van der Waals surface area contributed by atoms with Crippen LogP contribution >= 0.6 is 0 Å². The van der Waals surface area contributed by atoms with Crippen molar-refractivity contribution in [1.82, 2.24) is 9.78 Å². The first-order valence-corrected chi connectivity index (χ1v) is 6.64. The van der Waals surface area contributed by atoms with Crippen LogP contribution in [0.3, 0.4) is 0 Å². The molecule has 0 aliphatic rings. The zero-order chi connectivity index (χ0) is 14.5. The normalized spacial score (nSPS) is 10.3. The minimum Gasteiger partial charge on any atom is -0.471 e. The van der Waals surface area contributed by atoms with Gasteiger partial charge in [0, 0.05) is 6.20 Å². The molecule has 0 bridgehead atoms. The summed E-state index contributed by atoms with van der Waals surface area (Å²) >= 11 is 0. The minimum absolute atomic E-state index is 0.345. The number of rotatable bonds is 5. The Morgan fingerprint density at radius 2 is 1.67 bits per heavy atom. The van der Waals surface area contributed by atoms with Gasteiger partial charge in [-0.15, -0.1) is 5.10 Å². The highest BCUT2D eigenvalue weighted by atomic mass is 16.5. The summed E-state index contributed by atoms with van der Waals surface area (Å²) in [5.74, 6) is 0.345. The molecule has 0 N–H and O–H groups in total. The molecule has 0 unspecified atom stereocenters. The van der Waals surface area contributed by atoms with Crippen molar-refractivity contribution in [1.29, 1.82) is 0 Å². The molecule has 0 aliphatic carbocycles. The number of hydrogen-bond acceptors (Lipinski definition) is 3. The second-order valence-corrected chi connectivity index (χ2v) is 4.56. The van der Waals surface area contributed by atoms with Crippen LogP contribution < -0.4 is 4.74 Å². The lowest BCUT2D eigenvalue weighted by Gasteiger charge is -2.03. The highest BCUT2D eigenvalue weighted by Gasteiger charge is 2.10. The summed E-state index contributed by atoms with van der Waals surface area (Å²) in [5, 5.41) is 4.33. The molecule has 0 radical (unpaired) electrons. The molecule has 3 aromatic rings. The Bertz CT molecular complexity index is 721. The zero-order valence-electron chi connectivity index (χ0n) is 11.3. The molecule has 1 aromatic heterocycles. The molecule has 0 fully saturated rings. The van der Waals surface area contributed by atoms with Gasteiger partial charge in [-0.2, -0.15) is 0 Å². The van der Waals surface area contributed by atoms with E-state index in [1.54, 1.807) is 10.9 Å². The van der Waals surface area contributed by atoms with E-state index in [1.807, 2.05) is 60.7 Å². The summed E-state index contributed by atoms with van der Waals surface area (Å²) in [6, 6.07) is 19.4. The number of aldehydes is 1. The van der Waals surface area contributed by atoms with Gasteiger partial charge >= 0.3 is 0 Å². The lowest BCUT2D eigenvalue weighted by molar-refractivity contribution is 0.111. The predicted molar refractivity (Wildman–Crippen MR) is 79.7 cm³/mol. The molecule has 0 atom stereocenters. The van der Waals surface area contributed by atoms with Crippen LogP contribution in [-0.4, -0.2) is 16.1 Å². The van der Waals surface area contributed by atoms with E-state index in [0.717, 1.165) is 17.5 Å². The first-order valence-electron chi connectivity index (χ1n) is 6.64. The Labute approximate surface area is 122 Å². The van der Waals surface area contributed by atoms with Crippen molar-refractivity contribution >= 4 is 6.29 Å². The topological polar surface area (TPSA) is 44.1 Å². The van der Waals surface area contributed by atoms with Crippen LogP contribution in [0.15, 0.2) is 66.9 Å². The van der Waals surface area contributed by atoms with Crippen molar-refractivity contribution in [2.24, 2.45) is 0 Å². The Morgan fingerprint density at radius 3 is 2.33 bits per heavy atom. The van der Waals surface area contributed by atoms with Crippen molar-refractivity contribution in [3.05, 3.63) is 78.0 Å². The number of aromatic nitrogens is 2. The molecular formula is C17H14N2O2. The first-order chi connectivity index (χ1) is 10.4. The van der Waals surface area contributed by atoms with Crippen molar-refractivity contribution in [2.45, 2.75) is 6.61 Å². The Hall–Kier alpha value is -2.88. The van der Waals surface area contributed by atoms with Crippen LogP contribution in [0, 0.1) is 0 Å². The molecular weight excluding hydrogens is 264 g/mol. The number of benzene rings is 2. The Balaban J connectivity index is 1.82. The third kappa shape index (κ3) is 3.00. The van der Waals surface area contributed by atoms with Crippen LogP contribution in [0.1, 0.15) is 15.9 Å². The molecule has 4 heteroatoms. The molecule has 0 saturated heterocycles. The summed E-state index contributed by atoms with van der Waals surface area (Å²) in [6.45, 7) is 0.382. The van der Waals surface area contributed by atoms with Crippen molar-refractivity contribution in [2.75, 3.05) is 0 Å². The fourth-order valence-electron chi connectivity index (χ4n) is 2.00. The quantitative estimate of drug-likeness (QED) is 0.673. The van der Waals surface area contributed by atoms with Gasteiger partial charge in [-0.3, -0.25) is 4.79 Å². The van der Waals surface area contributed by atoms with E-state index in [-0.39, 0.29) is 0 Å². The van der Waals surface area contributed by atoms with Crippen molar-refractivity contribution < 1.29 is 9.53 Å². The van der Waals surface area contributed by atoms with Gasteiger partial charge in [0.05, 0.1) is 11.3 Å². The molecule has 104 valence electrons. The fourth-order valence-corrected chi connectivity index (χ4v) is 2.00. The second-order valence-electron chi connectivity index (χ2n) is 4.56. The summed E-state index contributed by atoms with van der Waals surface area (Å²) in [5.41, 5.74) is 2.36. The number of carbonyl (C=O) groups is 1. The first kappa shape index (κ1) is 13.1. The maximum absolute atomic E-state index is 11.1. The van der Waals surface area contributed by atoms with Gasteiger partial charge in [0.2, 0.25) is 5.88 Å². The number of ether oxygens (including phenoxy) is 1. The smallest absolute Gasteiger partial charge is 0.244 e. The lowest BCUT2D eigenvalue weighted by atomic mass is 10.2. The molecule has 2 aromatic carbocycles. The van der Waals surface area contributed by atoms with Crippen LogP contribution in [0.25, 0.3) is 5.69 Å². The maximum Gasteiger partial charge on any atom is 0.244 e. The monoisotopic (exact) mass is 278 g/mol. The number of hydrogen-bond donors (Lipinski definition) is 0. The SMILES string of the molecule is O=Cc1cn(-c2ccccc2)nc1OCc1ccccc1. The largest absolute Gasteiger partial charge is 0.471 e. The number of nitrogens with zero attached hydrogens (tertiary/aromatic N) is 2. The standard InChI is InChI=1S/C17H14N2O2/c20-12-15-11-19(16-9-5-2-6-10-16)18-17(15)21-13-14-7-3-1-4-8-14/h1-12H,13H2. The van der Waals surface area contributed by atoms with Gasteiger partial charge in [0.25, 0.3) is 0 Å². The number of para-hydroxylation sites is 1.